The van der Waals surface area contributed by atoms with Crippen molar-refractivity contribution in [3.8, 4) is 5.69 Å². The number of nitrogens with one attached hydrogen (secondary N) is 1. The van der Waals surface area contributed by atoms with E-state index in [1.54, 1.807) is 11.0 Å². The Labute approximate surface area is 136 Å². The van der Waals surface area contributed by atoms with Gasteiger partial charge in [0, 0.05) is 18.8 Å². The van der Waals surface area contributed by atoms with E-state index in [0.29, 0.717) is 12.1 Å². The van der Waals surface area contributed by atoms with Crippen LogP contribution in [0.25, 0.3) is 5.69 Å². The molecule has 0 saturated carbocycles. The van der Waals surface area contributed by atoms with Gasteiger partial charge in [-0.3, -0.25) is 4.68 Å². The highest BCUT2D eigenvalue weighted by atomic mass is 15.3. The first-order valence-corrected chi connectivity index (χ1v) is 7.81. The second-order valence-corrected chi connectivity index (χ2v) is 5.91. The Morgan fingerprint density at radius 3 is 2.52 bits per heavy atom. The van der Waals surface area contributed by atoms with E-state index in [0.717, 1.165) is 12.2 Å². The van der Waals surface area contributed by atoms with Crippen LogP contribution in [0.3, 0.4) is 0 Å². The standard InChI is InChI=1S/C17H22N6/c1-13-8-20-22(10-13)15(3)14(2)19-9-16-4-6-17(7-5-16)23-12-18-11-21-23/h4-8,10-12,14-15,19H,9H2,1-3H3/t14-,15+/m1/s1. The van der Waals surface area contributed by atoms with Crippen molar-refractivity contribution >= 4 is 0 Å². The summed E-state index contributed by atoms with van der Waals surface area (Å²) in [6, 6.07) is 8.95. The number of hydrogen-bond acceptors (Lipinski definition) is 4. The van der Waals surface area contributed by atoms with Crippen molar-refractivity contribution in [3.05, 3.63) is 60.4 Å². The molecule has 0 spiro atoms. The van der Waals surface area contributed by atoms with E-state index in [1.807, 2.05) is 10.9 Å². The third kappa shape index (κ3) is 3.65. The number of hydrogen-bond donors (Lipinski definition) is 1. The van der Waals surface area contributed by atoms with E-state index < -0.39 is 0 Å². The predicted octanol–water partition coefficient (Wildman–Crippen LogP) is 2.51. The second-order valence-electron chi connectivity index (χ2n) is 5.91. The molecule has 0 unspecified atom stereocenters. The zero-order valence-corrected chi connectivity index (χ0v) is 13.7. The van der Waals surface area contributed by atoms with Crippen LogP contribution in [0.2, 0.25) is 0 Å². The highest BCUT2D eigenvalue weighted by molar-refractivity contribution is 5.33. The van der Waals surface area contributed by atoms with Crippen LogP contribution in [0, 0.1) is 6.92 Å². The van der Waals surface area contributed by atoms with Crippen molar-refractivity contribution in [3.63, 3.8) is 0 Å². The Balaban J connectivity index is 1.57. The smallest absolute Gasteiger partial charge is 0.138 e. The fourth-order valence-corrected chi connectivity index (χ4v) is 2.44. The molecule has 0 saturated heterocycles. The molecule has 0 amide bonds. The molecule has 2 heterocycles. The van der Waals surface area contributed by atoms with Gasteiger partial charge in [-0.25, -0.2) is 9.67 Å². The van der Waals surface area contributed by atoms with Crippen LogP contribution in [0.5, 0.6) is 0 Å². The van der Waals surface area contributed by atoms with Crippen molar-refractivity contribution < 1.29 is 0 Å². The van der Waals surface area contributed by atoms with Crippen molar-refractivity contribution in [1.82, 2.24) is 29.9 Å². The largest absolute Gasteiger partial charge is 0.308 e. The normalized spacial score (nSPS) is 13.9. The van der Waals surface area contributed by atoms with Gasteiger partial charge in [-0.15, -0.1) is 0 Å². The first-order chi connectivity index (χ1) is 11.1. The van der Waals surface area contributed by atoms with Crippen LogP contribution in [-0.4, -0.2) is 30.6 Å². The predicted molar refractivity (Wildman–Crippen MR) is 89.3 cm³/mol. The number of nitrogens with zero attached hydrogens (tertiary/aromatic N) is 5. The Kier molecular flexibility index (Phi) is 4.52. The fraction of sp³-hybridized carbons (Fsp3) is 0.353. The monoisotopic (exact) mass is 310 g/mol. The highest BCUT2D eigenvalue weighted by Gasteiger charge is 2.14. The average molecular weight is 310 g/mol. The molecule has 120 valence electrons. The SMILES string of the molecule is Cc1cnn([C@@H](C)[C@@H](C)NCc2ccc(-n3cncn3)cc2)c1. The van der Waals surface area contributed by atoms with Crippen LogP contribution in [0.4, 0.5) is 0 Å². The summed E-state index contributed by atoms with van der Waals surface area (Å²) in [4.78, 5) is 3.96. The molecule has 2 aromatic heterocycles. The van der Waals surface area contributed by atoms with Crippen molar-refractivity contribution in [2.24, 2.45) is 0 Å². The molecule has 6 heteroatoms. The van der Waals surface area contributed by atoms with Gasteiger partial charge >= 0.3 is 0 Å². The second kappa shape index (κ2) is 6.75. The minimum atomic E-state index is 0.304. The number of aromatic nitrogens is 5. The van der Waals surface area contributed by atoms with Gasteiger partial charge in [0.1, 0.15) is 12.7 Å². The summed E-state index contributed by atoms with van der Waals surface area (Å²) >= 11 is 0. The van der Waals surface area contributed by atoms with Gasteiger partial charge in [-0.1, -0.05) is 12.1 Å². The van der Waals surface area contributed by atoms with Crippen molar-refractivity contribution in [1.29, 1.82) is 0 Å². The van der Waals surface area contributed by atoms with Crippen molar-refractivity contribution in [2.45, 2.75) is 39.4 Å². The summed E-state index contributed by atoms with van der Waals surface area (Å²) in [5.74, 6) is 0. The molecule has 1 N–H and O–H groups in total. The maximum absolute atomic E-state index is 4.39. The summed E-state index contributed by atoms with van der Waals surface area (Å²) in [7, 11) is 0. The van der Waals surface area contributed by atoms with E-state index in [-0.39, 0.29) is 0 Å². The summed E-state index contributed by atoms with van der Waals surface area (Å²) in [6.45, 7) is 7.25. The van der Waals surface area contributed by atoms with Gasteiger partial charge in [0.25, 0.3) is 0 Å². The van der Waals surface area contributed by atoms with E-state index in [4.69, 9.17) is 0 Å². The van der Waals surface area contributed by atoms with E-state index in [1.165, 1.54) is 17.5 Å². The fourth-order valence-electron chi connectivity index (χ4n) is 2.44. The molecule has 0 radical (unpaired) electrons. The summed E-state index contributed by atoms with van der Waals surface area (Å²) in [5.41, 5.74) is 3.44. The number of rotatable bonds is 6. The molecule has 2 atom stereocenters. The molecule has 0 bridgehead atoms. The van der Waals surface area contributed by atoms with Crippen LogP contribution in [-0.2, 0) is 6.54 Å². The average Bonchev–Trinajstić information content (AvgIpc) is 3.24. The minimum Gasteiger partial charge on any atom is -0.308 e. The van der Waals surface area contributed by atoms with Gasteiger partial charge < -0.3 is 5.32 Å². The summed E-state index contributed by atoms with van der Waals surface area (Å²) < 4.78 is 3.77. The third-order valence-electron chi connectivity index (χ3n) is 4.12. The summed E-state index contributed by atoms with van der Waals surface area (Å²) in [6.07, 6.45) is 7.21. The molecule has 3 rings (SSSR count). The lowest BCUT2D eigenvalue weighted by atomic mass is 10.1. The molecular weight excluding hydrogens is 288 g/mol. The highest BCUT2D eigenvalue weighted by Crippen LogP contribution is 2.12. The van der Waals surface area contributed by atoms with Crippen molar-refractivity contribution in [2.75, 3.05) is 0 Å². The molecule has 0 fully saturated rings. The minimum absolute atomic E-state index is 0.304. The molecule has 0 aliphatic heterocycles. The molecule has 3 aromatic rings. The zero-order chi connectivity index (χ0) is 16.2. The van der Waals surface area contributed by atoms with Gasteiger partial charge in [0.05, 0.1) is 17.9 Å². The zero-order valence-electron chi connectivity index (χ0n) is 13.7. The lowest BCUT2D eigenvalue weighted by Gasteiger charge is -2.22. The van der Waals surface area contributed by atoms with Gasteiger partial charge in [0.15, 0.2) is 0 Å². The van der Waals surface area contributed by atoms with Gasteiger partial charge in [-0.2, -0.15) is 10.2 Å². The third-order valence-corrected chi connectivity index (χ3v) is 4.12. The van der Waals surface area contributed by atoms with Gasteiger partial charge in [0.2, 0.25) is 0 Å². The lowest BCUT2D eigenvalue weighted by Crippen LogP contribution is -2.33. The van der Waals surface area contributed by atoms with E-state index >= 15 is 0 Å². The Morgan fingerprint density at radius 2 is 1.91 bits per heavy atom. The quantitative estimate of drug-likeness (QED) is 0.760. The first-order valence-electron chi connectivity index (χ1n) is 7.81. The Morgan fingerprint density at radius 1 is 1.13 bits per heavy atom. The molecule has 23 heavy (non-hydrogen) atoms. The maximum Gasteiger partial charge on any atom is 0.138 e. The Hall–Kier alpha value is -2.47. The summed E-state index contributed by atoms with van der Waals surface area (Å²) in [5, 5.41) is 12.1. The molecule has 0 aliphatic carbocycles. The number of benzene rings is 1. The first kappa shape index (κ1) is 15.4. The van der Waals surface area contributed by atoms with Crippen LogP contribution in [0.15, 0.2) is 49.3 Å². The topological polar surface area (TPSA) is 60.6 Å². The molecule has 0 aliphatic rings. The van der Waals surface area contributed by atoms with Gasteiger partial charge in [-0.05, 0) is 44.0 Å². The maximum atomic E-state index is 4.39. The Bertz CT molecular complexity index is 729. The molecule has 6 nitrogen and oxygen atoms in total. The van der Waals surface area contributed by atoms with Crippen LogP contribution in [0.1, 0.15) is 31.0 Å². The molecule has 1 aromatic carbocycles. The van der Waals surface area contributed by atoms with E-state index in [9.17, 15) is 0 Å². The van der Waals surface area contributed by atoms with E-state index in [2.05, 4.69) is 71.7 Å². The van der Waals surface area contributed by atoms with Crippen LogP contribution < -0.4 is 5.32 Å². The van der Waals surface area contributed by atoms with Crippen LogP contribution >= 0.6 is 0 Å². The lowest BCUT2D eigenvalue weighted by molar-refractivity contribution is 0.365. The number of aryl methyl sites for hydroxylation is 1. The molecular formula is C17H22N6.